The molecule has 0 bridgehead atoms. The van der Waals surface area contributed by atoms with Gasteiger partial charge in [-0.3, -0.25) is 19.3 Å². The van der Waals surface area contributed by atoms with Crippen molar-refractivity contribution in [2.45, 2.75) is 39.8 Å². The molecule has 0 fully saturated rings. The number of rotatable bonds is 10. The number of hydrogen-bond donors (Lipinski definition) is 1. The first-order valence-electron chi connectivity index (χ1n) is 7.39. The van der Waals surface area contributed by atoms with Crippen molar-refractivity contribution in [2.75, 3.05) is 24.7 Å². The Bertz CT molecular complexity index is 447. The van der Waals surface area contributed by atoms with Crippen molar-refractivity contribution in [1.82, 2.24) is 4.90 Å². The summed E-state index contributed by atoms with van der Waals surface area (Å²) in [6.45, 7) is 6.14. The zero-order valence-electron chi connectivity index (χ0n) is 14.3. The third-order valence-electron chi connectivity index (χ3n) is 2.70. The van der Waals surface area contributed by atoms with Crippen LogP contribution in [0.4, 0.5) is 0 Å². The number of esters is 2. The van der Waals surface area contributed by atoms with E-state index in [1.807, 2.05) is 0 Å². The molecule has 8 nitrogen and oxygen atoms in total. The number of carbonyl (C=O) groups is 4. The van der Waals surface area contributed by atoms with Crippen molar-refractivity contribution in [3.63, 3.8) is 0 Å². The minimum absolute atomic E-state index is 0.137. The Morgan fingerprint density at radius 1 is 0.917 bits per heavy atom. The zero-order valence-corrected chi connectivity index (χ0v) is 15.9. The van der Waals surface area contributed by atoms with Gasteiger partial charge in [0.15, 0.2) is 0 Å². The highest BCUT2D eigenvalue weighted by Gasteiger charge is 2.32. The lowest BCUT2D eigenvalue weighted by Crippen LogP contribution is -2.49. The Morgan fingerprint density at radius 2 is 1.38 bits per heavy atom. The molecule has 0 aliphatic carbocycles. The van der Waals surface area contributed by atoms with Crippen LogP contribution in [0.2, 0.25) is 0 Å². The summed E-state index contributed by atoms with van der Waals surface area (Å²) in [7, 11) is 2.48. The fourth-order valence-corrected chi connectivity index (χ4v) is 3.99. The van der Waals surface area contributed by atoms with Crippen LogP contribution >= 0.6 is 21.6 Å². The highest BCUT2D eigenvalue weighted by Crippen LogP contribution is 2.25. The Hall–Kier alpha value is -1.26. The minimum atomic E-state index is -1.02. The first-order valence-corrected chi connectivity index (χ1v) is 9.88. The summed E-state index contributed by atoms with van der Waals surface area (Å²) < 4.78 is 9.72. The predicted octanol–water partition coefficient (Wildman–Crippen LogP) is 0.585. The van der Waals surface area contributed by atoms with Crippen LogP contribution in [0, 0.1) is 0 Å². The maximum Gasteiger partial charge on any atom is 0.330 e. The molecule has 138 valence electrons. The second-order valence-electron chi connectivity index (χ2n) is 4.60. The maximum absolute atomic E-state index is 12.0. The number of imide groups is 1. The van der Waals surface area contributed by atoms with Crippen LogP contribution in [0.3, 0.4) is 0 Å². The summed E-state index contributed by atoms with van der Waals surface area (Å²) in [6.07, 6.45) is 0. The molecule has 0 saturated heterocycles. The van der Waals surface area contributed by atoms with E-state index in [0.29, 0.717) is 0 Å². The van der Waals surface area contributed by atoms with Crippen molar-refractivity contribution in [3.05, 3.63) is 0 Å². The molecule has 0 rings (SSSR count). The molecule has 0 aliphatic rings. The molecule has 0 aromatic carbocycles. The summed E-state index contributed by atoms with van der Waals surface area (Å²) in [5.41, 5.74) is 5.66. The topological polar surface area (TPSA) is 116 Å². The number of nitrogens with zero attached hydrogens (tertiary/aromatic N) is 1. The lowest BCUT2D eigenvalue weighted by Gasteiger charge is -2.26. The fourth-order valence-electron chi connectivity index (χ4n) is 1.70. The molecule has 0 radical (unpaired) electrons. The van der Waals surface area contributed by atoms with E-state index in [4.69, 9.17) is 15.2 Å². The molecule has 10 heteroatoms. The van der Waals surface area contributed by atoms with Crippen LogP contribution in [0.25, 0.3) is 0 Å². The molecule has 1 unspecified atom stereocenters. The van der Waals surface area contributed by atoms with Gasteiger partial charge in [-0.15, -0.1) is 0 Å². The Labute approximate surface area is 149 Å². The molecule has 0 spiro atoms. The zero-order chi connectivity index (χ0) is 18.7. The average Bonchev–Trinajstić information content (AvgIpc) is 2.49. The molecule has 24 heavy (non-hydrogen) atoms. The second kappa shape index (κ2) is 12.2. The van der Waals surface area contributed by atoms with Crippen LogP contribution in [-0.4, -0.2) is 65.5 Å². The van der Waals surface area contributed by atoms with E-state index >= 15 is 0 Å². The van der Waals surface area contributed by atoms with Gasteiger partial charge in [-0.25, -0.2) is 4.79 Å². The van der Waals surface area contributed by atoms with Crippen LogP contribution in [0.5, 0.6) is 0 Å². The minimum Gasteiger partial charge on any atom is -0.465 e. The van der Waals surface area contributed by atoms with Crippen molar-refractivity contribution in [2.24, 2.45) is 5.73 Å². The van der Waals surface area contributed by atoms with Crippen molar-refractivity contribution < 1.29 is 28.7 Å². The normalized spacial score (nSPS) is 12.9. The van der Waals surface area contributed by atoms with E-state index in [0.717, 1.165) is 4.90 Å². The third kappa shape index (κ3) is 8.02. The van der Waals surface area contributed by atoms with Gasteiger partial charge >= 0.3 is 11.9 Å². The first kappa shape index (κ1) is 22.7. The SMILES string of the molecule is CCOC(=O)C(N)CSSC[C@@H](C(=O)OCC)N(C(C)=O)C(C)=O. The molecular formula is C14H24N2O6S2. The van der Waals surface area contributed by atoms with E-state index in [-0.39, 0.29) is 24.7 Å². The summed E-state index contributed by atoms with van der Waals surface area (Å²) in [5, 5.41) is 0. The van der Waals surface area contributed by atoms with E-state index < -0.39 is 35.8 Å². The predicted molar refractivity (Wildman–Crippen MR) is 93.1 cm³/mol. The second-order valence-corrected chi connectivity index (χ2v) is 7.16. The number of hydrogen-bond acceptors (Lipinski definition) is 9. The molecule has 2 amide bonds. The van der Waals surface area contributed by atoms with Gasteiger partial charge in [0.05, 0.1) is 13.2 Å². The monoisotopic (exact) mass is 380 g/mol. The van der Waals surface area contributed by atoms with Crippen LogP contribution in [0.1, 0.15) is 27.7 Å². The largest absolute Gasteiger partial charge is 0.465 e. The Morgan fingerprint density at radius 3 is 1.83 bits per heavy atom. The summed E-state index contributed by atoms with van der Waals surface area (Å²) in [6, 6.07) is -1.79. The van der Waals surface area contributed by atoms with E-state index in [1.165, 1.54) is 35.4 Å². The smallest absolute Gasteiger partial charge is 0.330 e. The standard InChI is InChI=1S/C14H24N2O6S2/c1-5-21-13(19)11(15)7-23-24-8-12(14(20)22-6-2)16(9(3)17)10(4)18/h11-12H,5-8,15H2,1-4H3/t11?,12-/m0/s1. The number of amides is 2. The molecular weight excluding hydrogens is 356 g/mol. The fraction of sp³-hybridized carbons (Fsp3) is 0.714. The van der Waals surface area contributed by atoms with E-state index in [9.17, 15) is 19.2 Å². The Kier molecular flexibility index (Phi) is 11.5. The van der Waals surface area contributed by atoms with Gasteiger partial charge in [-0.1, -0.05) is 21.6 Å². The van der Waals surface area contributed by atoms with Gasteiger partial charge in [0.25, 0.3) is 0 Å². The summed E-state index contributed by atoms with van der Waals surface area (Å²) in [4.78, 5) is 47.6. The molecule has 0 aliphatic heterocycles. The highest BCUT2D eigenvalue weighted by atomic mass is 33.1. The molecule has 2 atom stereocenters. The van der Waals surface area contributed by atoms with Crippen LogP contribution in [-0.2, 0) is 28.7 Å². The molecule has 0 heterocycles. The number of carbonyl (C=O) groups excluding carboxylic acids is 4. The Balaban J connectivity index is 4.68. The van der Waals surface area contributed by atoms with Crippen LogP contribution < -0.4 is 5.73 Å². The van der Waals surface area contributed by atoms with E-state index in [2.05, 4.69) is 0 Å². The lowest BCUT2D eigenvalue weighted by molar-refractivity contribution is -0.158. The van der Waals surface area contributed by atoms with Crippen molar-refractivity contribution in [3.8, 4) is 0 Å². The summed E-state index contributed by atoms with van der Waals surface area (Å²) >= 11 is 0. The van der Waals surface area contributed by atoms with Gasteiger partial charge < -0.3 is 15.2 Å². The number of nitrogens with two attached hydrogens (primary N) is 1. The van der Waals surface area contributed by atoms with Gasteiger partial charge in [-0.05, 0) is 13.8 Å². The van der Waals surface area contributed by atoms with Crippen molar-refractivity contribution in [1.29, 1.82) is 0 Å². The third-order valence-corrected chi connectivity index (χ3v) is 5.13. The summed E-state index contributed by atoms with van der Waals surface area (Å²) in [5.74, 6) is -1.80. The lowest BCUT2D eigenvalue weighted by atomic mass is 10.2. The quantitative estimate of drug-likeness (QED) is 0.330. The maximum atomic E-state index is 12.0. The van der Waals surface area contributed by atoms with Gasteiger partial charge in [0.1, 0.15) is 12.1 Å². The molecule has 0 saturated carbocycles. The molecule has 2 N–H and O–H groups in total. The van der Waals surface area contributed by atoms with Gasteiger partial charge in [0.2, 0.25) is 11.8 Å². The van der Waals surface area contributed by atoms with Gasteiger partial charge in [-0.2, -0.15) is 0 Å². The molecule has 0 aromatic heterocycles. The van der Waals surface area contributed by atoms with Gasteiger partial charge in [0, 0.05) is 25.4 Å². The average molecular weight is 380 g/mol. The first-order chi connectivity index (χ1) is 11.3. The highest BCUT2D eigenvalue weighted by molar-refractivity contribution is 8.76. The molecule has 0 aromatic rings. The van der Waals surface area contributed by atoms with Crippen LogP contribution in [0.15, 0.2) is 0 Å². The van der Waals surface area contributed by atoms with Crippen molar-refractivity contribution >= 4 is 45.3 Å². The number of ether oxygens (including phenoxy) is 2. The van der Waals surface area contributed by atoms with E-state index in [1.54, 1.807) is 13.8 Å².